The predicted octanol–water partition coefficient (Wildman–Crippen LogP) is 2.72. The Morgan fingerprint density at radius 2 is 1.96 bits per heavy atom. The molecule has 4 N–H and O–H groups in total. The molecule has 0 unspecified atom stereocenters. The Morgan fingerprint density at radius 1 is 1.21 bits per heavy atom. The summed E-state index contributed by atoms with van der Waals surface area (Å²) >= 11 is 1.22. The van der Waals surface area contributed by atoms with Crippen molar-refractivity contribution < 1.29 is 14.3 Å². The zero-order valence-electron chi connectivity index (χ0n) is 13.0. The van der Waals surface area contributed by atoms with Crippen LogP contribution in [0.3, 0.4) is 0 Å². The van der Waals surface area contributed by atoms with E-state index in [4.69, 9.17) is 20.9 Å². The quantitative estimate of drug-likeness (QED) is 0.746. The molecule has 0 fully saturated rings. The molecule has 0 saturated heterocycles. The number of rotatable bonds is 2. The van der Waals surface area contributed by atoms with E-state index in [0.717, 1.165) is 28.0 Å². The van der Waals surface area contributed by atoms with E-state index in [1.54, 1.807) is 0 Å². The Hall–Kier alpha value is -2.80. The minimum Gasteiger partial charge on any atom is -0.486 e. The van der Waals surface area contributed by atoms with E-state index in [9.17, 15) is 4.79 Å². The summed E-state index contributed by atoms with van der Waals surface area (Å²) in [6, 6.07) is 7.67. The number of primary amides is 1. The van der Waals surface area contributed by atoms with Crippen molar-refractivity contribution >= 4 is 33.1 Å². The van der Waals surface area contributed by atoms with Crippen LogP contribution < -0.4 is 20.9 Å². The van der Waals surface area contributed by atoms with Crippen molar-refractivity contribution in [2.45, 2.75) is 6.92 Å². The second kappa shape index (κ2) is 5.38. The molecular formula is C17H15N3O3S. The Bertz CT molecular complexity index is 981. The average Bonchev–Trinajstić information content (AvgIpc) is 2.92. The highest BCUT2D eigenvalue weighted by atomic mass is 32.1. The van der Waals surface area contributed by atoms with Gasteiger partial charge in [-0.1, -0.05) is 0 Å². The van der Waals surface area contributed by atoms with Gasteiger partial charge in [-0.25, -0.2) is 4.98 Å². The lowest BCUT2D eigenvalue weighted by molar-refractivity contribution is 0.100. The molecule has 1 aliphatic heterocycles. The highest BCUT2D eigenvalue weighted by molar-refractivity contribution is 7.21. The summed E-state index contributed by atoms with van der Waals surface area (Å²) in [7, 11) is 0. The number of anilines is 1. The van der Waals surface area contributed by atoms with Crippen LogP contribution in [-0.4, -0.2) is 24.1 Å². The van der Waals surface area contributed by atoms with Gasteiger partial charge in [-0.2, -0.15) is 0 Å². The number of pyridine rings is 1. The van der Waals surface area contributed by atoms with Crippen LogP contribution in [0.5, 0.6) is 11.5 Å². The van der Waals surface area contributed by atoms with Crippen molar-refractivity contribution in [3.8, 4) is 22.8 Å². The van der Waals surface area contributed by atoms with Gasteiger partial charge in [-0.05, 0) is 36.8 Å². The van der Waals surface area contributed by atoms with Crippen LogP contribution >= 0.6 is 11.3 Å². The van der Waals surface area contributed by atoms with E-state index < -0.39 is 5.91 Å². The molecule has 7 heteroatoms. The molecule has 24 heavy (non-hydrogen) atoms. The molecule has 1 aromatic carbocycles. The van der Waals surface area contributed by atoms with E-state index in [2.05, 4.69) is 4.98 Å². The molecule has 0 bridgehead atoms. The lowest BCUT2D eigenvalue weighted by atomic mass is 10.1. The number of carbonyl (C=O) groups excluding carboxylic acids is 1. The van der Waals surface area contributed by atoms with Gasteiger partial charge in [0.1, 0.15) is 22.9 Å². The standard InChI is InChI=1S/C17H15N3O3S/c1-8-6-10(9-2-3-11-12(7-9)23-5-4-22-11)20-17-13(8)14(18)15(24-17)16(19)21/h2-3,6-7H,4-5,18H2,1H3,(H2,19,21). The monoisotopic (exact) mass is 341 g/mol. The number of aromatic nitrogens is 1. The normalized spacial score (nSPS) is 13.2. The molecule has 6 nitrogen and oxygen atoms in total. The molecule has 3 aromatic rings. The number of nitrogen functional groups attached to an aromatic ring is 1. The fourth-order valence-electron chi connectivity index (χ4n) is 2.84. The lowest BCUT2D eigenvalue weighted by Gasteiger charge is -2.18. The van der Waals surface area contributed by atoms with Crippen LogP contribution in [0.1, 0.15) is 15.2 Å². The summed E-state index contributed by atoms with van der Waals surface area (Å²) in [5.41, 5.74) is 14.5. The number of aryl methyl sites for hydroxylation is 1. The van der Waals surface area contributed by atoms with Gasteiger partial charge in [0.05, 0.1) is 11.4 Å². The van der Waals surface area contributed by atoms with Gasteiger partial charge in [0.2, 0.25) is 0 Å². The first-order valence-electron chi connectivity index (χ1n) is 7.44. The van der Waals surface area contributed by atoms with Crippen molar-refractivity contribution in [1.29, 1.82) is 0 Å². The van der Waals surface area contributed by atoms with Crippen molar-refractivity contribution in [1.82, 2.24) is 4.98 Å². The number of thiophene rings is 1. The molecule has 0 saturated carbocycles. The van der Waals surface area contributed by atoms with Gasteiger partial charge in [0.25, 0.3) is 5.91 Å². The molecule has 0 spiro atoms. The number of hydrogen-bond donors (Lipinski definition) is 2. The number of amides is 1. The largest absolute Gasteiger partial charge is 0.486 e. The molecule has 1 aliphatic rings. The number of carbonyl (C=O) groups is 1. The Labute approximate surface area is 142 Å². The van der Waals surface area contributed by atoms with Gasteiger partial charge in [-0.3, -0.25) is 4.79 Å². The van der Waals surface area contributed by atoms with Crippen LogP contribution in [0.25, 0.3) is 21.5 Å². The number of benzene rings is 1. The minimum atomic E-state index is -0.532. The van der Waals surface area contributed by atoms with Crippen LogP contribution in [0.4, 0.5) is 5.69 Å². The number of hydrogen-bond acceptors (Lipinski definition) is 6. The van der Waals surface area contributed by atoms with Crippen LogP contribution in [-0.2, 0) is 0 Å². The first-order chi connectivity index (χ1) is 11.5. The Balaban J connectivity index is 1.87. The molecule has 0 aliphatic carbocycles. The molecular weight excluding hydrogens is 326 g/mol. The topological polar surface area (TPSA) is 100 Å². The third-order valence-corrected chi connectivity index (χ3v) is 5.07. The maximum atomic E-state index is 11.5. The van der Waals surface area contributed by atoms with Crippen LogP contribution in [0, 0.1) is 6.92 Å². The molecule has 122 valence electrons. The van der Waals surface area contributed by atoms with E-state index in [-0.39, 0.29) is 0 Å². The van der Waals surface area contributed by atoms with E-state index in [0.29, 0.717) is 34.4 Å². The maximum Gasteiger partial charge on any atom is 0.260 e. The van der Waals surface area contributed by atoms with Crippen molar-refractivity contribution in [2.75, 3.05) is 18.9 Å². The molecule has 3 heterocycles. The van der Waals surface area contributed by atoms with Gasteiger partial charge in [-0.15, -0.1) is 11.3 Å². The van der Waals surface area contributed by atoms with Crippen molar-refractivity contribution in [3.05, 3.63) is 34.7 Å². The van der Waals surface area contributed by atoms with E-state index in [1.165, 1.54) is 11.3 Å². The first kappa shape index (κ1) is 14.8. The second-order valence-electron chi connectivity index (χ2n) is 5.57. The van der Waals surface area contributed by atoms with Crippen molar-refractivity contribution in [3.63, 3.8) is 0 Å². The van der Waals surface area contributed by atoms with Gasteiger partial charge < -0.3 is 20.9 Å². The Kier molecular flexibility index (Phi) is 3.31. The van der Waals surface area contributed by atoms with E-state index in [1.807, 2.05) is 31.2 Å². The molecule has 2 aromatic heterocycles. The zero-order valence-corrected chi connectivity index (χ0v) is 13.8. The fourth-order valence-corrected chi connectivity index (χ4v) is 3.87. The number of nitrogens with two attached hydrogens (primary N) is 2. The summed E-state index contributed by atoms with van der Waals surface area (Å²) in [4.78, 5) is 17.2. The van der Waals surface area contributed by atoms with Crippen LogP contribution in [0.2, 0.25) is 0 Å². The van der Waals surface area contributed by atoms with Gasteiger partial charge >= 0.3 is 0 Å². The summed E-state index contributed by atoms with van der Waals surface area (Å²) in [6.07, 6.45) is 0. The highest BCUT2D eigenvalue weighted by Crippen LogP contribution is 2.38. The third-order valence-electron chi connectivity index (χ3n) is 3.96. The maximum absolute atomic E-state index is 11.5. The zero-order chi connectivity index (χ0) is 16.8. The minimum absolute atomic E-state index is 0.347. The lowest BCUT2D eigenvalue weighted by Crippen LogP contribution is -2.15. The van der Waals surface area contributed by atoms with Gasteiger partial charge in [0, 0.05) is 10.9 Å². The third kappa shape index (κ3) is 2.25. The van der Waals surface area contributed by atoms with E-state index >= 15 is 0 Å². The van der Waals surface area contributed by atoms with Crippen molar-refractivity contribution in [2.24, 2.45) is 5.73 Å². The summed E-state index contributed by atoms with van der Waals surface area (Å²) in [5, 5.41) is 0.787. The van der Waals surface area contributed by atoms with Crippen LogP contribution in [0.15, 0.2) is 24.3 Å². The second-order valence-corrected chi connectivity index (χ2v) is 6.57. The summed E-state index contributed by atoms with van der Waals surface area (Å²) in [5.74, 6) is 0.914. The summed E-state index contributed by atoms with van der Waals surface area (Å²) in [6.45, 7) is 3.03. The number of nitrogens with zero attached hydrogens (tertiary/aromatic N) is 1. The molecule has 0 atom stereocenters. The summed E-state index contributed by atoms with van der Waals surface area (Å²) < 4.78 is 11.2. The highest BCUT2D eigenvalue weighted by Gasteiger charge is 2.19. The smallest absolute Gasteiger partial charge is 0.260 e. The SMILES string of the molecule is Cc1cc(-c2ccc3c(c2)OCCO3)nc2sc(C(N)=O)c(N)c12. The Morgan fingerprint density at radius 3 is 2.71 bits per heavy atom. The van der Waals surface area contributed by atoms with Gasteiger partial charge in [0.15, 0.2) is 11.5 Å². The predicted molar refractivity (Wildman–Crippen MR) is 93.7 cm³/mol. The number of ether oxygens (including phenoxy) is 2. The molecule has 1 amide bonds. The molecule has 0 radical (unpaired) electrons. The fraction of sp³-hybridized carbons (Fsp3) is 0.176. The first-order valence-corrected chi connectivity index (χ1v) is 8.25. The number of fused-ring (bicyclic) bond motifs is 2. The molecule has 4 rings (SSSR count). The average molecular weight is 341 g/mol.